The number of nitrogens with one attached hydrogen (secondary N) is 1. The molecule has 3 aromatic rings. The number of aromatic nitrogens is 2. The minimum atomic E-state index is -0.192. The average Bonchev–Trinajstić information content (AvgIpc) is 3.10. The van der Waals surface area contributed by atoms with Gasteiger partial charge in [-0.3, -0.25) is 9.48 Å². The second-order valence-electron chi connectivity index (χ2n) is 6.13. The van der Waals surface area contributed by atoms with Crippen molar-refractivity contribution in [3.8, 4) is 22.8 Å². The lowest BCUT2D eigenvalue weighted by molar-refractivity contribution is 0.0948. The van der Waals surface area contributed by atoms with Crippen molar-refractivity contribution in [3.63, 3.8) is 0 Å². The van der Waals surface area contributed by atoms with E-state index in [4.69, 9.17) is 9.47 Å². The van der Waals surface area contributed by atoms with Crippen molar-refractivity contribution in [2.45, 2.75) is 6.42 Å². The molecule has 2 aromatic carbocycles. The number of methoxy groups -OCH3 is 2. The van der Waals surface area contributed by atoms with E-state index in [0.29, 0.717) is 12.2 Å². The molecular weight excluding hydrogens is 342 g/mol. The summed E-state index contributed by atoms with van der Waals surface area (Å²) in [7, 11) is 5.09. The first-order valence-corrected chi connectivity index (χ1v) is 8.70. The van der Waals surface area contributed by atoms with E-state index in [1.54, 1.807) is 25.0 Å². The Morgan fingerprint density at radius 2 is 1.74 bits per heavy atom. The largest absolute Gasteiger partial charge is 0.497 e. The standard InChI is InChI=1S/C21H23N3O3/c1-24-20(16-7-5-9-18(13-16)27-3)14-19(23-24)21(25)22-11-10-15-6-4-8-17(12-15)26-2/h4-9,12-14H,10-11H2,1-3H3,(H,22,25). The summed E-state index contributed by atoms with van der Waals surface area (Å²) >= 11 is 0. The maximum absolute atomic E-state index is 12.4. The van der Waals surface area contributed by atoms with E-state index in [0.717, 1.165) is 34.7 Å². The second kappa shape index (κ2) is 8.40. The molecule has 140 valence electrons. The van der Waals surface area contributed by atoms with E-state index < -0.39 is 0 Å². The Hall–Kier alpha value is -3.28. The molecule has 27 heavy (non-hydrogen) atoms. The van der Waals surface area contributed by atoms with Crippen molar-refractivity contribution in [2.75, 3.05) is 20.8 Å². The van der Waals surface area contributed by atoms with Gasteiger partial charge in [0.15, 0.2) is 5.69 Å². The number of carbonyl (C=O) groups excluding carboxylic acids is 1. The smallest absolute Gasteiger partial charge is 0.271 e. The van der Waals surface area contributed by atoms with Crippen LogP contribution in [0.5, 0.6) is 11.5 Å². The van der Waals surface area contributed by atoms with Crippen molar-refractivity contribution in [2.24, 2.45) is 7.05 Å². The molecule has 0 saturated carbocycles. The van der Waals surface area contributed by atoms with Crippen molar-refractivity contribution in [3.05, 3.63) is 65.9 Å². The summed E-state index contributed by atoms with van der Waals surface area (Å²) in [4.78, 5) is 12.4. The fraction of sp³-hybridized carbons (Fsp3) is 0.238. The molecule has 1 aromatic heterocycles. The van der Waals surface area contributed by atoms with E-state index >= 15 is 0 Å². The zero-order valence-electron chi connectivity index (χ0n) is 15.7. The monoisotopic (exact) mass is 365 g/mol. The van der Waals surface area contributed by atoms with Crippen LogP contribution < -0.4 is 14.8 Å². The first kappa shape index (κ1) is 18.5. The number of ether oxygens (including phenoxy) is 2. The molecule has 1 amide bonds. The number of nitrogens with zero attached hydrogens (tertiary/aromatic N) is 2. The van der Waals surface area contributed by atoms with Crippen LogP contribution in [0.4, 0.5) is 0 Å². The Morgan fingerprint density at radius 3 is 2.48 bits per heavy atom. The van der Waals surface area contributed by atoms with Gasteiger partial charge in [0, 0.05) is 19.2 Å². The second-order valence-corrected chi connectivity index (χ2v) is 6.13. The Bertz CT molecular complexity index is 934. The Morgan fingerprint density at radius 1 is 1.04 bits per heavy atom. The topological polar surface area (TPSA) is 65.4 Å². The van der Waals surface area contributed by atoms with Gasteiger partial charge in [-0.15, -0.1) is 0 Å². The van der Waals surface area contributed by atoms with Crippen LogP contribution in [0.1, 0.15) is 16.1 Å². The summed E-state index contributed by atoms with van der Waals surface area (Å²) in [5.41, 5.74) is 3.29. The van der Waals surface area contributed by atoms with E-state index in [9.17, 15) is 4.79 Å². The molecule has 0 fully saturated rings. The molecule has 0 bridgehead atoms. The number of aryl methyl sites for hydroxylation is 1. The van der Waals surface area contributed by atoms with Gasteiger partial charge >= 0.3 is 0 Å². The highest BCUT2D eigenvalue weighted by Crippen LogP contribution is 2.24. The summed E-state index contributed by atoms with van der Waals surface area (Å²) < 4.78 is 12.2. The molecule has 0 saturated heterocycles. The lowest BCUT2D eigenvalue weighted by Crippen LogP contribution is -2.26. The van der Waals surface area contributed by atoms with Crippen LogP contribution in [0.3, 0.4) is 0 Å². The van der Waals surface area contributed by atoms with Crippen LogP contribution in [0.25, 0.3) is 11.3 Å². The number of rotatable bonds is 7. The van der Waals surface area contributed by atoms with Gasteiger partial charge in [-0.25, -0.2) is 0 Å². The molecule has 6 heteroatoms. The van der Waals surface area contributed by atoms with Gasteiger partial charge in [0.25, 0.3) is 5.91 Å². The van der Waals surface area contributed by atoms with Crippen LogP contribution in [-0.4, -0.2) is 36.5 Å². The molecule has 0 atom stereocenters. The van der Waals surface area contributed by atoms with Gasteiger partial charge in [-0.1, -0.05) is 24.3 Å². The molecule has 0 aliphatic heterocycles. The van der Waals surface area contributed by atoms with Gasteiger partial charge in [0.05, 0.1) is 19.9 Å². The Labute approximate surface area is 158 Å². The highest BCUT2D eigenvalue weighted by molar-refractivity contribution is 5.93. The van der Waals surface area contributed by atoms with Crippen molar-refractivity contribution < 1.29 is 14.3 Å². The predicted molar refractivity (Wildman–Crippen MR) is 104 cm³/mol. The van der Waals surface area contributed by atoms with Gasteiger partial charge in [0.2, 0.25) is 0 Å². The maximum Gasteiger partial charge on any atom is 0.271 e. The van der Waals surface area contributed by atoms with Gasteiger partial charge in [0.1, 0.15) is 11.5 Å². The number of amides is 1. The van der Waals surface area contributed by atoms with E-state index in [-0.39, 0.29) is 5.91 Å². The summed E-state index contributed by atoms with van der Waals surface area (Å²) in [6.45, 7) is 0.525. The summed E-state index contributed by atoms with van der Waals surface area (Å²) in [6, 6.07) is 17.3. The van der Waals surface area contributed by atoms with Crippen LogP contribution in [0, 0.1) is 0 Å². The molecule has 1 heterocycles. The van der Waals surface area contributed by atoms with Gasteiger partial charge in [-0.05, 0) is 42.3 Å². The number of hydrogen-bond acceptors (Lipinski definition) is 4. The average molecular weight is 365 g/mol. The fourth-order valence-electron chi connectivity index (χ4n) is 2.87. The van der Waals surface area contributed by atoms with Crippen molar-refractivity contribution in [1.29, 1.82) is 0 Å². The number of carbonyl (C=O) groups is 1. The Kier molecular flexibility index (Phi) is 5.76. The molecular formula is C21H23N3O3. The summed E-state index contributed by atoms with van der Waals surface area (Å²) in [5.74, 6) is 1.38. The van der Waals surface area contributed by atoms with Gasteiger partial charge < -0.3 is 14.8 Å². The predicted octanol–water partition coefficient (Wildman–Crippen LogP) is 3.08. The zero-order chi connectivity index (χ0) is 19.2. The highest BCUT2D eigenvalue weighted by atomic mass is 16.5. The minimum absolute atomic E-state index is 0.192. The summed E-state index contributed by atoms with van der Waals surface area (Å²) in [5, 5.41) is 7.26. The maximum atomic E-state index is 12.4. The van der Waals surface area contributed by atoms with Gasteiger partial charge in [-0.2, -0.15) is 5.10 Å². The quantitative estimate of drug-likeness (QED) is 0.699. The van der Waals surface area contributed by atoms with Crippen LogP contribution in [0.15, 0.2) is 54.6 Å². The Balaban J connectivity index is 1.65. The van der Waals surface area contributed by atoms with Crippen LogP contribution in [0.2, 0.25) is 0 Å². The summed E-state index contributed by atoms with van der Waals surface area (Å²) in [6.07, 6.45) is 0.721. The molecule has 0 unspecified atom stereocenters. The number of hydrogen-bond donors (Lipinski definition) is 1. The number of benzene rings is 2. The third kappa shape index (κ3) is 4.47. The molecule has 1 N–H and O–H groups in total. The first-order valence-electron chi connectivity index (χ1n) is 8.70. The first-order chi connectivity index (χ1) is 13.1. The molecule has 3 rings (SSSR count). The fourth-order valence-corrected chi connectivity index (χ4v) is 2.87. The van der Waals surface area contributed by atoms with Crippen LogP contribution in [-0.2, 0) is 13.5 Å². The zero-order valence-corrected chi connectivity index (χ0v) is 15.7. The van der Waals surface area contributed by atoms with Crippen molar-refractivity contribution >= 4 is 5.91 Å². The minimum Gasteiger partial charge on any atom is -0.497 e. The lowest BCUT2D eigenvalue weighted by Gasteiger charge is -2.05. The highest BCUT2D eigenvalue weighted by Gasteiger charge is 2.14. The molecule has 0 aliphatic carbocycles. The van der Waals surface area contributed by atoms with E-state index in [1.165, 1.54) is 0 Å². The lowest BCUT2D eigenvalue weighted by atomic mass is 10.1. The van der Waals surface area contributed by atoms with Crippen LogP contribution >= 0.6 is 0 Å². The normalized spacial score (nSPS) is 10.5. The third-order valence-electron chi connectivity index (χ3n) is 4.31. The molecule has 0 aliphatic rings. The molecule has 0 radical (unpaired) electrons. The van der Waals surface area contributed by atoms with Crippen molar-refractivity contribution in [1.82, 2.24) is 15.1 Å². The molecule has 0 spiro atoms. The molecule has 6 nitrogen and oxygen atoms in total. The SMILES string of the molecule is COc1cccc(CCNC(=O)c2cc(-c3cccc(OC)c3)n(C)n2)c1. The third-order valence-corrected chi connectivity index (χ3v) is 4.31. The van der Waals surface area contributed by atoms with E-state index in [1.807, 2.05) is 55.6 Å². The van der Waals surface area contributed by atoms with E-state index in [2.05, 4.69) is 10.4 Å².